The molecule has 0 aromatic heterocycles. The fourth-order valence-electron chi connectivity index (χ4n) is 1.95. The molecule has 5 nitrogen and oxygen atoms in total. The number of anilines is 1. The molecule has 0 aliphatic carbocycles. The van der Waals surface area contributed by atoms with Crippen molar-refractivity contribution in [3.05, 3.63) is 28.8 Å². The van der Waals surface area contributed by atoms with Gasteiger partial charge in [-0.05, 0) is 45.4 Å². The molecule has 0 bridgehead atoms. The number of rotatable bonds is 3. The van der Waals surface area contributed by atoms with Gasteiger partial charge in [0.15, 0.2) is 5.17 Å². The summed E-state index contributed by atoms with van der Waals surface area (Å²) in [7, 11) is 0. The van der Waals surface area contributed by atoms with E-state index in [2.05, 4.69) is 15.6 Å². The Hall–Kier alpha value is -1.53. The SMILES string of the molecule is Cc1ccc(NC(=O)C[C@@H]2SC(=NC(C)(C)C)NC2=O)cc1Cl. The molecular weight excluding hydrogens is 334 g/mol. The molecule has 1 fully saturated rings. The van der Waals surface area contributed by atoms with Gasteiger partial charge in [-0.15, -0.1) is 0 Å². The number of amides is 2. The van der Waals surface area contributed by atoms with E-state index in [4.69, 9.17) is 11.6 Å². The summed E-state index contributed by atoms with van der Waals surface area (Å²) in [4.78, 5) is 28.5. The van der Waals surface area contributed by atoms with E-state index < -0.39 is 5.25 Å². The lowest BCUT2D eigenvalue weighted by Crippen LogP contribution is -2.28. The molecule has 0 unspecified atom stereocenters. The standard InChI is InChI=1S/C16H20ClN3O2S/c1-9-5-6-10(7-11(9)17)18-13(21)8-12-14(22)19-15(23-12)20-16(2,3)4/h5-7,12H,8H2,1-4H3,(H,18,21)(H,19,20,22)/t12-/m0/s1. The topological polar surface area (TPSA) is 70.6 Å². The molecule has 0 radical (unpaired) electrons. The van der Waals surface area contributed by atoms with Gasteiger partial charge in [-0.25, -0.2) is 0 Å². The Kier molecular flexibility index (Phi) is 5.37. The van der Waals surface area contributed by atoms with Crippen molar-refractivity contribution in [1.29, 1.82) is 0 Å². The number of amidine groups is 1. The van der Waals surface area contributed by atoms with Crippen molar-refractivity contribution in [2.24, 2.45) is 4.99 Å². The molecule has 1 saturated heterocycles. The maximum atomic E-state index is 12.1. The van der Waals surface area contributed by atoms with Gasteiger partial charge in [0.2, 0.25) is 11.8 Å². The highest BCUT2D eigenvalue weighted by Crippen LogP contribution is 2.25. The van der Waals surface area contributed by atoms with Crippen molar-refractivity contribution in [3.63, 3.8) is 0 Å². The van der Waals surface area contributed by atoms with E-state index in [1.165, 1.54) is 11.8 Å². The first-order valence-corrected chi connectivity index (χ1v) is 8.53. The summed E-state index contributed by atoms with van der Waals surface area (Å²) in [6, 6.07) is 5.32. The number of nitrogens with zero attached hydrogens (tertiary/aromatic N) is 1. The Morgan fingerprint density at radius 3 is 2.74 bits per heavy atom. The van der Waals surface area contributed by atoms with Crippen LogP contribution in [0.25, 0.3) is 0 Å². The van der Waals surface area contributed by atoms with Crippen LogP contribution in [0, 0.1) is 6.92 Å². The van der Waals surface area contributed by atoms with Gasteiger partial charge in [0.05, 0.1) is 5.54 Å². The predicted octanol–water partition coefficient (Wildman–Crippen LogP) is 3.36. The average Bonchev–Trinajstić information content (AvgIpc) is 2.71. The zero-order chi connectivity index (χ0) is 17.2. The fraction of sp³-hybridized carbons (Fsp3) is 0.438. The predicted molar refractivity (Wildman–Crippen MR) is 96.1 cm³/mol. The molecule has 1 aromatic rings. The van der Waals surface area contributed by atoms with Gasteiger partial charge < -0.3 is 10.6 Å². The first-order chi connectivity index (χ1) is 10.6. The summed E-state index contributed by atoms with van der Waals surface area (Å²) in [5.41, 5.74) is 1.29. The zero-order valence-electron chi connectivity index (χ0n) is 13.6. The summed E-state index contributed by atoms with van der Waals surface area (Å²) in [6.07, 6.45) is 0.0885. The maximum absolute atomic E-state index is 12.1. The Morgan fingerprint density at radius 1 is 1.43 bits per heavy atom. The van der Waals surface area contributed by atoms with E-state index in [1.54, 1.807) is 12.1 Å². The van der Waals surface area contributed by atoms with Gasteiger partial charge >= 0.3 is 0 Å². The van der Waals surface area contributed by atoms with Crippen molar-refractivity contribution in [2.45, 2.75) is 44.9 Å². The highest BCUT2D eigenvalue weighted by molar-refractivity contribution is 8.15. The largest absolute Gasteiger partial charge is 0.326 e. The minimum absolute atomic E-state index is 0.0885. The number of carbonyl (C=O) groups excluding carboxylic acids is 2. The van der Waals surface area contributed by atoms with Crippen LogP contribution in [-0.2, 0) is 9.59 Å². The van der Waals surface area contributed by atoms with Crippen LogP contribution in [0.2, 0.25) is 5.02 Å². The number of aryl methyl sites for hydroxylation is 1. The number of hydrogen-bond donors (Lipinski definition) is 2. The van der Waals surface area contributed by atoms with Crippen molar-refractivity contribution in [1.82, 2.24) is 5.32 Å². The number of hydrogen-bond acceptors (Lipinski definition) is 4. The lowest BCUT2D eigenvalue weighted by molar-refractivity contribution is -0.122. The third-order valence-corrected chi connectivity index (χ3v) is 4.53. The number of carbonyl (C=O) groups is 2. The van der Waals surface area contributed by atoms with Crippen molar-refractivity contribution >= 4 is 46.0 Å². The highest BCUT2D eigenvalue weighted by Gasteiger charge is 2.32. The van der Waals surface area contributed by atoms with Gasteiger partial charge in [0.25, 0.3) is 0 Å². The molecule has 2 rings (SSSR count). The molecule has 1 aliphatic rings. The lowest BCUT2D eigenvalue weighted by atomic mass is 10.1. The van der Waals surface area contributed by atoms with E-state index in [0.29, 0.717) is 15.9 Å². The monoisotopic (exact) mass is 353 g/mol. The minimum atomic E-state index is -0.461. The normalized spacial score (nSPS) is 19.8. The van der Waals surface area contributed by atoms with E-state index in [1.807, 2.05) is 33.8 Å². The number of nitrogens with one attached hydrogen (secondary N) is 2. The number of benzene rings is 1. The van der Waals surface area contributed by atoms with E-state index in [0.717, 1.165) is 5.56 Å². The van der Waals surface area contributed by atoms with Gasteiger partial charge in [0.1, 0.15) is 5.25 Å². The van der Waals surface area contributed by atoms with Crippen LogP contribution in [0.15, 0.2) is 23.2 Å². The quantitative estimate of drug-likeness (QED) is 0.875. The molecule has 2 N–H and O–H groups in total. The Morgan fingerprint density at radius 2 is 2.13 bits per heavy atom. The average molecular weight is 354 g/mol. The van der Waals surface area contributed by atoms with Gasteiger partial charge in [-0.1, -0.05) is 29.4 Å². The number of aliphatic imine (C=N–C) groups is 1. The molecule has 23 heavy (non-hydrogen) atoms. The first kappa shape index (κ1) is 17.8. The molecule has 2 amide bonds. The lowest BCUT2D eigenvalue weighted by Gasteiger charge is -2.12. The molecule has 124 valence electrons. The Labute approximate surface area is 145 Å². The zero-order valence-corrected chi connectivity index (χ0v) is 15.1. The van der Waals surface area contributed by atoms with Crippen molar-refractivity contribution < 1.29 is 9.59 Å². The summed E-state index contributed by atoms with van der Waals surface area (Å²) >= 11 is 7.33. The van der Waals surface area contributed by atoms with Crippen LogP contribution in [0.1, 0.15) is 32.8 Å². The second kappa shape index (κ2) is 6.93. The third-order valence-electron chi connectivity index (χ3n) is 3.04. The fourth-order valence-corrected chi connectivity index (χ4v) is 3.28. The summed E-state index contributed by atoms with van der Waals surface area (Å²) in [6.45, 7) is 7.75. The number of thioether (sulfide) groups is 1. The smallest absolute Gasteiger partial charge is 0.240 e. The maximum Gasteiger partial charge on any atom is 0.240 e. The van der Waals surface area contributed by atoms with E-state index >= 15 is 0 Å². The van der Waals surface area contributed by atoms with Crippen LogP contribution in [0.3, 0.4) is 0 Å². The van der Waals surface area contributed by atoms with Gasteiger partial charge in [-0.3, -0.25) is 14.6 Å². The van der Waals surface area contributed by atoms with Crippen LogP contribution in [0.4, 0.5) is 5.69 Å². The molecule has 1 heterocycles. The second-order valence-electron chi connectivity index (χ2n) is 6.40. The Bertz CT molecular complexity index is 668. The third kappa shape index (κ3) is 5.25. The number of halogens is 1. The second-order valence-corrected chi connectivity index (χ2v) is 8.00. The summed E-state index contributed by atoms with van der Waals surface area (Å²) < 4.78 is 0. The molecule has 1 aliphatic heterocycles. The molecule has 0 saturated carbocycles. The Balaban J connectivity index is 1.96. The van der Waals surface area contributed by atoms with E-state index in [9.17, 15) is 9.59 Å². The summed E-state index contributed by atoms with van der Waals surface area (Å²) in [5, 5.41) is 6.18. The first-order valence-electron chi connectivity index (χ1n) is 7.27. The highest BCUT2D eigenvalue weighted by atomic mass is 35.5. The molecular formula is C16H20ClN3O2S. The van der Waals surface area contributed by atoms with Crippen molar-refractivity contribution in [2.75, 3.05) is 5.32 Å². The minimum Gasteiger partial charge on any atom is -0.326 e. The molecule has 1 atom stereocenters. The van der Waals surface area contributed by atoms with Crippen LogP contribution >= 0.6 is 23.4 Å². The van der Waals surface area contributed by atoms with Gasteiger partial charge in [0, 0.05) is 17.1 Å². The van der Waals surface area contributed by atoms with Crippen molar-refractivity contribution in [3.8, 4) is 0 Å². The van der Waals surface area contributed by atoms with Crippen LogP contribution < -0.4 is 10.6 Å². The van der Waals surface area contributed by atoms with E-state index in [-0.39, 0.29) is 23.8 Å². The van der Waals surface area contributed by atoms with Crippen LogP contribution in [0.5, 0.6) is 0 Å². The van der Waals surface area contributed by atoms with Gasteiger partial charge in [-0.2, -0.15) is 0 Å². The molecule has 0 spiro atoms. The summed E-state index contributed by atoms with van der Waals surface area (Å²) in [5.74, 6) is -0.412. The van der Waals surface area contributed by atoms with Crippen LogP contribution in [-0.4, -0.2) is 27.8 Å². The molecule has 1 aromatic carbocycles. The molecule has 7 heteroatoms.